The molecule has 0 saturated heterocycles. The highest BCUT2D eigenvalue weighted by Crippen LogP contribution is 2.29. The molecular formula is C23H20N2O4S2. The highest BCUT2D eigenvalue weighted by atomic mass is 32.2. The van der Waals surface area contributed by atoms with Gasteiger partial charge in [0.25, 0.3) is 0 Å². The van der Waals surface area contributed by atoms with Gasteiger partial charge in [0.05, 0.1) is 26.9 Å². The van der Waals surface area contributed by atoms with Crippen LogP contribution in [0, 0.1) is 6.92 Å². The molecular weight excluding hydrogens is 432 g/mol. The van der Waals surface area contributed by atoms with Gasteiger partial charge in [0.2, 0.25) is 0 Å². The Morgan fingerprint density at radius 3 is 2.45 bits per heavy atom. The van der Waals surface area contributed by atoms with Gasteiger partial charge in [-0.2, -0.15) is 5.10 Å². The maximum atomic E-state index is 13.2. The van der Waals surface area contributed by atoms with Crippen molar-refractivity contribution >= 4 is 27.1 Å². The first-order valence-electron chi connectivity index (χ1n) is 9.53. The minimum atomic E-state index is -3.66. The summed E-state index contributed by atoms with van der Waals surface area (Å²) < 4.78 is 33.0. The van der Waals surface area contributed by atoms with Gasteiger partial charge >= 0.3 is 5.97 Å². The van der Waals surface area contributed by atoms with Crippen LogP contribution >= 0.6 is 11.3 Å². The molecule has 0 aliphatic heterocycles. The smallest absolute Gasteiger partial charge is 0.308 e. The van der Waals surface area contributed by atoms with E-state index >= 15 is 0 Å². The third-order valence-electron chi connectivity index (χ3n) is 4.68. The van der Waals surface area contributed by atoms with Gasteiger partial charge in [-0.05, 0) is 60.3 Å². The van der Waals surface area contributed by atoms with Crippen LogP contribution in [0.1, 0.15) is 18.2 Å². The Balaban J connectivity index is 1.73. The lowest BCUT2D eigenvalue weighted by atomic mass is 10.2. The summed E-state index contributed by atoms with van der Waals surface area (Å²) in [4.78, 5) is 12.2. The Morgan fingerprint density at radius 2 is 1.81 bits per heavy atom. The molecule has 0 spiro atoms. The van der Waals surface area contributed by atoms with E-state index in [-0.39, 0.29) is 10.6 Å². The number of ether oxygens (including phenoxy) is 1. The van der Waals surface area contributed by atoms with Gasteiger partial charge < -0.3 is 4.74 Å². The summed E-state index contributed by atoms with van der Waals surface area (Å²) >= 11 is 1.55. The van der Waals surface area contributed by atoms with Crippen molar-refractivity contribution in [1.29, 1.82) is 0 Å². The molecule has 2 aromatic heterocycles. The SMILES string of the molecule is CC(=O)Oc1ccc(S(=O)(=O)Cc2cc(-c3cccs3)nn2-c2ccccc2C)cc1. The van der Waals surface area contributed by atoms with Crippen molar-refractivity contribution in [2.75, 3.05) is 0 Å². The first-order chi connectivity index (χ1) is 14.8. The van der Waals surface area contributed by atoms with Crippen molar-refractivity contribution in [3.63, 3.8) is 0 Å². The molecule has 0 amide bonds. The maximum absolute atomic E-state index is 13.2. The molecule has 31 heavy (non-hydrogen) atoms. The summed E-state index contributed by atoms with van der Waals surface area (Å²) in [5, 5.41) is 6.68. The minimum absolute atomic E-state index is 0.151. The molecule has 2 aromatic carbocycles. The van der Waals surface area contributed by atoms with Crippen molar-refractivity contribution in [2.24, 2.45) is 0 Å². The van der Waals surface area contributed by atoms with E-state index in [0.29, 0.717) is 11.4 Å². The van der Waals surface area contributed by atoms with Crippen LogP contribution in [0.2, 0.25) is 0 Å². The lowest BCUT2D eigenvalue weighted by molar-refractivity contribution is -0.131. The zero-order valence-corrected chi connectivity index (χ0v) is 18.6. The monoisotopic (exact) mass is 452 g/mol. The second kappa shape index (κ2) is 8.49. The van der Waals surface area contributed by atoms with Gasteiger partial charge in [-0.1, -0.05) is 24.3 Å². The number of para-hydroxylation sites is 1. The lowest BCUT2D eigenvalue weighted by Gasteiger charge is -2.11. The number of thiophene rings is 1. The van der Waals surface area contributed by atoms with Crippen LogP contribution in [-0.2, 0) is 20.4 Å². The Labute approximate surface area is 184 Å². The minimum Gasteiger partial charge on any atom is -0.427 e. The average Bonchev–Trinajstić information content (AvgIpc) is 3.38. The van der Waals surface area contributed by atoms with Crippen molar-refractivity contribution < 1.29 is 17.9 Å². The average molecular weight is 453 g/mol. The number of nitrogens with zero attached hydrogens (tertiary/aromatic N) is 2. The molecule has 0 aliphatic carbocycles. The molecule has 8 heteroatoms. The Hall–Kier alpha value is -3.23. The zero-order chi connectivity index (χ0) is 22.0. The number of aromatic nitrogens is 2. The highest BCUT2D eigenvalue weighted by molar-refractivity contribution is 7.90. The number of hydrogen-bond donors (Lipinski definition) is 0. The van der Waals surface area contributed by atoms with Crippen LogP contribution in [0.25, 0.3) is 16.3 Å². The number of benzene rings is 2. The van der Waals surface area contributed by atoms with E-state index in [1.807, 2.05) is 54.8 Å². The second-order valence-corrected chi connectivity index (χ2v) is 9.96. The van der Waals surface area contributed by atoms with Crippen LogP contribution in [0.15, 0.2) is 77.0 Å². The molecule has 0 atom stereocenters. The topological polar surface area (TPSA) is 78.3 Å². The highest BCUT2D eigenvalue weighted by Gasteiger charge is 2.21. The number of sulfone groups is 1. The molecule has 0 fully saturated rings. The van der Waals surface area contributed by atoms with E-state index in [1.54, 1.807) is 16.0 Å². The van der Waals surface area contributed by atoms with Gasteiger partial charge in [0, 0.05) is 6.92 Å². The Kier molecular flexibility index (Phi) is 5.75. The van der Waals surface area contributed by atoms with E-state index in [2.05, 4.69) is 0 Å². The molecule has 0 N–H and O–H groups in total. The largest absolute Gasteiger partial charge is 0.427 e. The zero-order valence-electron chi connectivity index (χ0n) is 17.0. The third kappa shape index (κ3) is 4.60. The molecule has 0 unspecified atom stereocenters. The Bertz CT molecular complexity index is 1320. The number of rotatable bonds is 6. The molecule has 0 radical (unpaired) electrons. The van der Waals surface area contributed by atoms with Gasteiger partial charge in [-0.25, -0.2) is 13.1 Å². The van der Waals surface area contributed by atoms with Crippen LogP contribution in [0.3, 0.4) is 0 Å². The van der Waals surface area contributed by atoms with E-state index < -0.39 is 15.8 Å². The lowest BCUT2D eigenvalue weighted by Crippen LogP contribution is -2.11. The van der Waals surface area contributed by atoms with Crippen LogP contribution in [-0.4, -0.2) is 24.2 Å². The van der Waals surface area contributed by atoms with E-state index in [1.165, 1.54) is 31.2 Å². The number of carbonyl (C=O) groups excluding carboxylic acids is 1. The van der Waals surface area contributed by atoms with Gasteiger partial charge in [0.1, 0.15) is 11.4 Å². The molecule has 4 aromatic rings. The second-order valence-electron chi connectivity index (χ2n) is 7.02. The van der Waals surface area contributed by atoms with Crippen molar-refractivity contribution in [3.05, 3.63) is 83.4 Å². The van der Waals surface area contributed by atoms with Crippen molar-refractivity contribution in [1.82, 2.24) is 9.78 Å². The van der Waals surface area contributed by atoms with E-state index in [0.717, 1.165) is 21.8 Å². The van der Waals surface area contributed by atoms with E-state index in [4.69, 9.17) is 9.84 Å². The van der Waals surface area contributed by atoms with Gasteiger partial charge in [-0.3, -0.25) is 4.79 Å². The molecule has 158 valence electrons. The number of aryl methyl sites for hydroxylation is 1. The molecule has 0 bridgehead atoms. The molecule has 0 aliphatic rings. The molecule has 6 nitrogen and oxygen atoms in total. The van der Waals surface area contributed by atoms with Crippen LogP contribution in [0.4, 0.5) is 0 Å². The summed E-state index contributed by atoms with van der Waals surface area (Å²) in [7, 11) is -3.66. The van der Waals surface area contributed by atoms with Gasteiger partial charge in [0.15, 0.2) is 9.84 Å². The summed E-state index contributed by atoms with van der Waals surface area (Å²) in [5.41, 5.74) is 3.13. The number of hydrogen-bond acceptors (Lipinski definition) is 6. The maximum Gasteiger partial charge on any atom is 0.308 e. The quantitative estimate of drug-likeness (QED) is 0.310. The summed E-state index contributed by atoms with van der Waals surface area (Å²) in [5.74, 6) is -0.373. The van der Waals surface area contributed by atoms with Crippen LogP contribution < -0.4 is 4.74 Å². The first-order valence-corrected chi connectivity index (χ1v) is 12.1. The fourth-order valence-electron chi connectivity index (χ4n) is 3.24. The fraction of sp³-hybridized carbons (Fsp3) is 0.130. The number of carbonyl (C=O) groups is 1. The summed E-state index contributed by atoms with van der Waals surface area (Å²) in [6.45, 7) is 3.26. The first kappa shape index (κ1) is 21.0. The van der Waals surface area contributed by atoms with Gasteiger partial charge in [-0.15, -0.1) is 11.3 Å². The molecule has 0 saturated carbocycles. The molecule has 4 rings (SSSR count). The summed E-state index contributed by atoms with van der Waals surface area (Å²) in [6.07, 6.45) is 0. The molecule has 2 heterocycles. The predicted octanol–water partition coefficient (Wildman–Crippen LogP) is 4.81. The van der Waals surface area contributed by atoms with Crippen LogP contribution in [0.5, 0.6) is 5.75 Å². The normalized spacial score (nSPS) is 11.4. The Morgan fingerprint density at radius 1 is 1.06 bits per heavy atom. The standard InChI is InChI=1S/C23H20N2O4S2/c1-16-6-3-4-7-22(16)25-18(14-21(24-25)23-8-5-13-30-23)15-31(27,28)20-11-9-19(10-12-20)29-17(2)26/h3-14H,15H2,1-2H3. The van der Waals surface area contributed by atoms with Crippen molar-refractivity contribution in [3.8, 4) is 22.0 Å². The fourth-order valence-corrected chi connectivity index (χ4v) is 5.23. The predicted molar refractivity (Wildman–Crippen MR) is 120 cm³/mol. The summed E-state index contributed by atoms with van der Waals surface area (Å²) in [6, 6.07) is 19.3. The van der Waals surface area contributed by atoms with E-state index in [9.17, 15) is 13.2 Å². The van der Waals surface area contributed by atoms with Crippen molar-refractivity contribution in [2.45, 2.75) is 24.5 Å². The third-order valence-corrected chi connectivity index (χ3v) is 7.24. The number of esters is 1.